The molecule has 130 valence electrons. The summed E-state index contributed by atoms with van der Waals surface area (Å²) < 4.78 is 0. The Kier molecular flexibility index (Phi) is 5.89. The van der Waals surface area contributed by atoms with Crippen LogP contribution in [0.4, 0.5) is 0 Å². The Hall–Kier alpha value is -1.84. The minimum absolute atomic E-state index is 0.0448. The summed E-state index contributed by atoms with van der Waals surface area (Å²) in [5.41, 5.74) is 0. The van der Waals surface area contributed by atoms with Crippen molar-refractivity contribution < 1.29 is 9.59 Å². The lowest BCUT2D eigenvalue weighted by Crippen LogP contribution is -2.47. The van der Waals surface area contributed by atoms with Gasteiger partial charge in [-0.15, -0.1) is 0 Å². The number of carbonyl (C=O) groups is 2. The highest BCUT2D eigenvalue weighted by Crippen LogP contribution is 2.27. The van der Waals surface area contributed by atoms with Crippen molar-refractivity contribution >= 4 is 11.8 Å². The van der Waals surface area contributed by atoms with E-state index in [9.17, 15) is 9.59 Å². The maximum atomic E-state index is 12.7. The Labute approximate surface area is 144 Å². The summed E-state index contributed by atoms with van der Waals surface area (Å²) in [7, 11) is 0. The van der Waals surface area contributed by atoms with Crippen LogP contribution >= 0.6 is 0 Å². The highest BCUT2D eigenvalue weighted by molar-refractivity contribution is 5.88. The van der Waals surface area contributed by atoms with Crippen molar-refractivity contribution in [2.75, 3.05) is 0 Å². The van der Waals surface area contributed by atoms with Gasteiger partial charge in [0.25, 0.3) is 0 Å². The Balaban J connectivity index is 1.58. The highest BCUT2D eigenvalue weighted by Gasteiger charge is 2.35. The lowest BCUT2D eigenvalue weighted by Gasteiger charge is -2.30. The second-order valence-corrected chi connectivity index (χ2v) is 7.14. The smallest absolute Gasteiger partial charge is 0.224 e. The zero-order chi connectivity index (χ0) is 16.8. The topological polar surface area (TPSA) is 58.2 Å². The van der Waals surface area contributed by atoms with Crippen LogP contribution in [-0.2, 0) is 9.59 Å². The van der Waals surface area contributed by atoms with Crippen LogP contribution in [0.5, 0.6) is 0 Å². The molecule has 3 rings (SSSR count). The van der Waals surface area contributed by atoms with E-state index in [1.807, 2.05) is 12.2 Å². The van der Waals surface area contributed by atoms with E-state index in [0.29, 0.717) is 12.8 Å². The van der Waals surface area contributed by atoms with Crippen LogP contribution in [0.15, 0.2) is 36.5 Å². The maximum absolute atomic E-state index is 12.7. The van der Waals surface area contributed by atoms with Crippen molar-refractivity contribution in [3.05, 3.63) is 36.5 Å². The minimum atomic E-state index is -0.236. The lowest BCUT2D eigenvalue weighted by atomic mass is 9.81. The van der Waals surface area contributed by atoms with Crippen molar-refractivity contribution in [1.82, 2.24) is 10.6 Å². The third-order valence-electron chi connectivity index (χ3n) is 5.34. The molecule has 2 amide bonds. The fraction of sp³-hybridized carbons (Fsp3) is 0.600. The predicted molar refractivity (Wildman–Crippen MR) is 95.2 cm³/mol. The van der Waals surface area contributed by atoms with E-state index in [1.165, 1.54) is 0 Å². The molecule has 2 N–H and O–H groups in total. The van der Waals surface area contributed by atoms with Gasteiger partial charge >= 0.3 is 0 Å². The van der Waals surface area contributed by atoms with Crippen LogP contribution < -0.4 is 10.6 Å². The van der Waals surface area contributed by atoms with E-state index >= 15 is 0 Å². The third-order valence-corrected chi connectivity index (χ3v) is 5.34. The van der Waals surface area contributed by atoms with Crippen LogP contribution in [0.25, 0.3) is 0 Å². The zero-order valence-electron chi connectivity index (χ0n) is 14.2. The molecule has 0 saturated heterocycles. The van der Waals surface area contributed by atoms with Crippen LogP contribution in [0.2, 0.25) is 0 Å². The standard InChI is InChI=1S/C20H28N2O2/c23-19(21-15-9-3-1-4-10-15)17-13-7-8-14-18(17)20(24)22-16-11-5-2-6-12-16/h1-3,5,7-8,15-18H,4,6,9-14H2,(H,21,23)(H,22,24)/t15-,16+,17+,18-. The van der Waals surface area contributed by atoms with Gasteiger partial charge in [-0.3, -0.25) is 9.59 Å². The van der Waals surface area contributed by atoms with Crippen LogP contribution in [0, 0.1) is 11.8 Å². The van der Waals surface area contributed by atoms with Crippen molar-refractivity contribution in [2.45, 2.75) is 63.5 Å². The molecule has 0 saturated carbocycles. The Morgan fingerprint density at radius 3 is 1.42 bits per heavy atom. The molecule has 24 heavy (non-hydrogen) atoms. The van der Waals surface area contributed by atoms with Crippen molar-refractivity contribution in [3.8, 4) is 0 Å². The summed E-state index contributed by atoms with van der Waals surface area (Å²) in [6.45, 7) is 0. The molecular formula is C20H28N2O2. The number of hydrogen-bond acceptors (Lipinski definition) is 2. The molecular weight excluding hydrogens is 300 g/mol. The molecule has 0 aliphatic heterocycles. The van der Waals surface area contributed by atoms with Gasteiger partial charge in [0.2, 0.25) is 11.8 Å². The second kappa shape index (κ2) is 8.32. The molecule has 0 heterocycles. The average molecular weight is 328 g/mol. The Morgan fingerprint density at radius 1 is 0.625 bits per heavy atom. The van der Waals surface area contributed by atoms with Gasteiger partial charge in [-0.05, 0) is 51.4 Å². The molecule has 0 aromatic rings. The number of amides is 2. The van der Waals surface area contributed by atoms with Crippen molar-refractivity contribution in [3.63, 3.8) is 0 Å². The number of hydrogen-bond donors (Lipinski definition) is 2. The first kappa shape index (κ1) is 17.0. The van der Waals surface area contributed by atoms with Gasteiger partial charge < -0.3 is 10.6 Å². The van der Waals surface area contributed by atoms with E-state index in [1.54, 1.807) is 0 Å². The summed E-state index contributed by atoms with van der Waals surface area (Å²) in [6, 6.07) is 0.446. The van der Waals surface area contributed by atoms with Gasteiger partial charge in [-0.1, -0.05) is 36.5 Å². The van der Waals surface area contributed by atoms with Crippen LogP contribution in [0.3, 0.4) is 0 Å². The number of allylic oxidation sites excluding steroid dienone is 4. The van der Waals surface area contributed by atoms with E-state index in [-0.39, 0.29) is 35.7 Å². The lowest BCUT2D eigenvalue weighted by molar-refractivity contribution is -0.135. The molecule has 4 nitrogen and oxygen atoms in total. The molecule has 0 aromatic carbocycles. The number of rotatable bonds is 4. The summed E-state index contributed by atoms with van der Waals surface area (Å²) in [4.78, 5) is 25.4. The quantitative estimate of drug-likeness (QED) is 0.779. The van der Waals surface area contributed by atoms with E-state index in [0.717, 1.165) is 38.5 Å². The van der Waals surface area contributed by atoms with E-state index in [4.69, 9.17) is 0 Å². The summed E-state index contributed by atoms with van der Waals surface area (Å²) in [5, 5.41) is 6.32. The van der Waals surface area contributed by atoms with Crippen molar-refractivity contribution in [2.24, 2.45) is 11.8 Å². The van der Waals surface area contributed by atoms with Gasteiger partial charge in [0.15, 0.2) is 0 Å². The molecule has 0 bridgehead atoms. The third kappa shape index (κ3) is 4.37. The summed E-state index contributed by atoms with van der Waals surface area (Å²) in [5.74, 6) is -0.383. The van der Waals surface area contributed by atoms with Crippen LogP contribution in [-0.4, -0.2) is 23.9 Å². The maximum Gasteiger partial charge on any atom is 0.224 e. The molecule has 3 aliphatic carbocycles. The summed E-state index contributed by atoms with van der Waals surface area (Å²) >= 11 is 0. The number of carbonyl (C=O) groups excluding carboxylic acids is 2. The Morgan fingerprint density at radius 2 is 1.04 bits per heavy atom. The molecule has 4 atom stereocenters. The van der Waals surface area contributed by atoms with Crippen molar-refractivity contribution in [1.29, 1.82) is 0 Å². The molecule has 0 radical (unpaired) electrons. The fourth-order valence-electron chi connectivity index (χ4n) is 3.86. The normalized spacial score (nSPS) is 32.3. The molecule has 0 aromatic heterocycles. The monoisotopic (exact) mass is 328 g/mol. The molecule has 0 spiro atoms. The van der Waals surface area contributed by atoms with E-state index in [2.05, 4.69) is 34.9 Å². The number of nitrogens with one attached hydrogen (secondary N) is 2. The second-order valence-electron chi connectivity index (χ2n) is 7.14. The van der Waals surface area contributed by atoms with Gasteiger partial charge in [-0.2, -0.15) is 0 Å². The fourth-order valence-corrected chi connectivity index (χ4v) is 3.86. The zero-order valence-corrected chi connectivity index (χ0v) is 14.2. The first-order valence-corrected chi connectivity index (χ1v) is 9.30. The van der Waals surface area contributed by atoms with Crippen LogP contribution in [0.1, 0.15) is 51.4 Å². The average Bonchev–Trinajstić information content (AvgIpc) is 2.63. The van der Waals surface area contributed by atoms with Gasteiger partial charge in [-0.25, -0.2) is 0 Å². The van der Waals surface area contributed by atoms with Gasteiger partial charge in [0, 0.05) is 12.1 Å². The summed E-state index contributed by atoms with van der Waals surface area (Å²) in [6.07, 6.45) is 19.9. The Bertz CT molecular complexity index is 502. The van der Waals surface area contributed by atoms with Gasteiger partial charge in [0.05, 0.1) is 11.8 Å². The molecule has 4 heteroatoms. The first-order chi connectivity index (χ1) is 11.7. The predicted octanol–water partition coefficient (Wildman–Crippen LogP) is 3.02. The largest absolute Gasteiger partial charge is 0.353 e. The molecule has 0 unspecified atom stereocenters. The first-order valence-electron chi connectivity index (χ1n) is 9.30. The molecule has 0 fully saturated rings. The highest BCUT2D eigenvalue weighted by atomic mass is 16.2. The van der Waals surface area contributed by atoms with E-state index < -0.39 is 0 Å². The van der Waals surface area contributed by atoms with Gasteiger partial charge in [0.1, 0.15) is 0 Å². The SMILES string of the molecule is O=C(N[C@@H]1CC=CCC1)[C@H]1CC=CC[C@H]1C(=O)N[C@H]1CC=CCC1. The molecule has 3 aliphatic rings. The minimum Gasteiger partial charge on any atom is -0.353 e.